The van der Waals surface area contributed by atoms with Crippen molar-refractivity contribution in [3.63, 3.8) is 0 Å². The van der Waals surface area contributed by atoms with Crippen molar-refractivity contribution in [2.45, 2.75) is 26.2 Å². The standard InChI is InChI=1S/C12H15N2/c1-9-10-7-5-6-8-14(10)13-11(9)12(2,3)4/h5-8H,1H2,2-4H3. The Morgan fingerprint density at radius 1 is 1.29 bits per heavy atom. The quantitative estimate of drug-likeness (QED) is 0.620. The van der Waals surface area contributed by atoms with Crippen molar-refractivity contribution >= 4 is 5.52 Å². The van der Waals surface area contributed by atoms with Gasteiger partial charge in [0.15, 0.2) is 0 Å². The van der Waals surface area contributed by atoms with Crippen molar-refractivity contribution in [3.05, 3.63) is 42.6 Å². The molecule has 0 aliphatic rings. The predicted octanol–water partition coefficient (Wildman–Crippen LogP) is 2.81. The first-order chi connectivity index (χ1) is 6.50. The van der Waals surface area contributed by atoms with Crippen molar-refractivity contribution in [2.75, 3.05) is 0 Å². The normalized spacial score (nSPS) is 12.3. The maximum Gasteiger partial charge on any atom is 0.0720 e. The Morgan fingerprint density at radius 3 is 2.57 bits per heavy atom. The van der Waals surface area contributed by atoms with Gasteiger partial charge in [-0.05, 0) is 19.1 Å². The van der Waals surface area contributed by atoms with E-state index >= 15 is 0 Å². The van der Waals surface area contributed by atoms with E-state index in [-0.39, 0.29) is 5.41 Å². The van der Waals surface area contributed by atoms with E-state index in [0.717, 1.165) is 16.8 Å². The summed E-state index contributed by atoms with van der Waals surface area (Å²) in [7, 11) is 0. The Bertz CT molecular complexity index is 461. The molecular weight excluding hydrogens is 172 g/mol. The average Bonchev–Trinajstić information content (AvgIpc) is 2.44. The second kappa shape index (κ2) is 2.84. The summed E-state index contributed by atoms with van der Waals surface area (Å²) < 4.78 is 1.89. The number of fused-ring (bicyclic) bond motifs is 1. The highest BCUT2D eigenvalue weighted by atomic mass is 15.2. The third kappa shape index (κ3) is 1.31. The van der Waals surface area contributed by atoms with Gasteiger partial charge in [-0.25, -0.2) is 4.52 Å². The van der Waals surface area contributed by atoms with Gasteiger partial charge in [0.25, 0.3) is 0 Å². The average molecular weight is 187 g/mol. The van der Waals surface area contributed by atoms with Crippen molar-refractivity contribution in [1.82, 2.24) is 9.61 Å². The molecular formula is C12H15N2. The molecule has 0 N–H and O–H groups in total. The molecule has 0 amide bonds. The maximum absolute atomic E-state index is 4.54. The van der Waals surface area contributed by atoms with E-state index in [0.29, 0.717) is 0 Å². The van der Waals surface area contributed by atoms with Gasteiger partial charge in [-0.2, -0.15) is 5.10 Å². The third-order valence-corrected chi connectivity index (χ3v) is 2.35. The van der Waals surface area contributed by atoms with E-state index in [2.05, 4.69) is 32.8 Å². The summed E-state index contributed by atoms with van der Waals surface area (Å²) in [6, 6.07) is 6.04. The molecule has 14 heavy (non-hydrogen) atoms. The van der Waals surface area contributed by atoms with Crippen molar-refractivity contribution in [1.29, 1.82) is 0 Å². The van der Waals surface area contributed by atoms with Crippen LogP contribution in [-0.2, 0) is 5.41 Å². The van der Waals surface area contributed by atoms with Gasteiger partial charge in [0, 0.05) is 17.2 Å². The van der Waals surface area contributed by atoms with E-state index in [4.69, 9.17) is 0 Å². The van der Waals surface area contributed by atoms with Crippen LogP contribution in [0.5, 0.6) is 0 Å². The molecule has 0 spiro atoms. The van der Waals surface area contributed by atoms with Gasteiger partial charge < -0.3 is 0 Å². The highest BCUT2D eigenvalue weighted by molar-refractivity contribution is 5.59. The maximum atomic E-state index is 4.54. The van der Waals surface area contributed by atoms with Gasteiger partial charge in [0.05, 0.1) is 11.2 Å². The molecule has 0 aliphatic carbocycles. The summed E-state index contributed by atoms with van der Waals surface area (Å²) >= 11 is 0. The number of hydrogen-bond acceptors (Lipinski definition) is 1. The first-order valence-corrected chi connectivity index (χ1v) is 4.80. The van der Waals surface area contributed by atoms with Crippen LogP contribution >= 0.6 is 0 Å². The molecule has 2 aromatic heterocycles. The van der Waals surface area contributed by atoms with E-state index in [9.17, 15) is 0 Å². The molecule has 0 fully saturated rings. The fourth-order valence-corrected chi connectivity index (χ4v) is 1.65. The van der Waals surface area contributed by atoms with Gasteiger partial charge in [-0.3, -0.25) is 0 Å². The molecule has 2 rings (SSSR count). The van der Waals surface area contributed by atoms with E-state index in [1.807, 2.05) is 28.9 Å². The molecule has 0 aromatic carbocycles. The first-order valence-electron chi connectivity index (χ1n) is 4.80. The monoisotopic (exact) mass is 187 g/mol. The number of rotatable bonds is 0. The Hall–Kier alpha value is -1.31. The minimum atomic E-state index is 0.0586. The van der Waals surface area contributed by atoms with Crippen LogP contribution in [0.1, 0.15) is 32.0 Å². The molecule has 0 aliphatic heterocycles. The lowest BCUT2D eigenvalue weighted by molar-refractivity contribution is 0.561. The highest BCUT2D eigenvalue weighted by Gasteiger charge is 2.21. The molecule has 2 aromatic rings. The first kappa shape index (κ1) is 9.25. The minimum Gasteiger partial charge on any atom is -0.240 e. The zero-order chi connectivity index (χ0) is 10.3. The van der Waals surface area contributed by atoms with E-state index in [1.165, 1.54) is 0 Å². The second-order valence-corrected chi connectivity index (χ2v) is 4.61. The van der Waals surface area contributed by atoms with Crippen LogP contribution in [0.3, 0.4) is 0 Å². The molecule has 0 unspecified atom stereocenters. The highest BCUT2D eigenvalue weighted by Crippen LogP contribution is 2.26. The zero-order valence-corrected chi connectivity index (χ0v) is 8.91. The number of aromatic nitrogens is 2. The Kier molecular flexibility index (Phi) is 1.88. The molecule has 0 saturated carbocycles. The summed E-state index contributed by atoms with van der Waals surface area (Å²) in [5.41, 5.74) is 3.27. The summed E-state index contributed by atoms with van der Waals surface area (Å²) in [4.78, 5) is 0. The van der Waals surface area contributed by atoms with Gasteiger partial charge in [0.1, 0.15) is 0 Å². The minimum absolute atomic E-state index is 0.0586. The third-order valence-electron chi connectivity index (χ3n) is 2.35. The van der Waals surface area contributed by atoms with Crippen LogP contribution in [0.4, 0.5) is 0 Å². The molecule has 2 heterocycles. The lowest BCUT2D eigenvalue weighted by Gasteiger charge is -2.15. The van der Waals surface area contributed by atoms with Crippen LogP contribution in [0.15, 0.2) is 24.4 Å². The number of nitrogens with zero attached hydrogens (tertiary/aromatic N) is 2. The van der Waals surface area contributed by atoms with Gasteiger partial charge in [-0.1, -0.05) is 26.8 Å². The fourth-order valence-electron chi connectivity index (χ4n) is 1.65. The van der Waals surface area contributed by atoms with Crippen LogP contribution < -0.4 is 0 Å². The van der Waals surface area contributed by atoms with Crippen LogP contribution in [-0.4, -0.2) is 9.61 Å². The molecule has 73 valence electrons. The lowest BCUT2D eigenvalue weighted by Crippen LogP contribution is -2.13. The van der Waals surface area contributed by atoms with Crippen LogP contribution in [0.25, 0.3) is 5.52 Å². The Morgan fingerprint density at radius 2 is 2.00 bits per heavy atom. The Balaban J connectivity index is 2.75. The largest absolute Gasteiger partial charge is 0.240 e. The van der Waals surface area contributed by atoms with E-state index in [1.54, 1.807) is 0 Å². The summed E-state index contributed by atoms with van der Waals surface area (Å²) in [6.07, 6.45) is 1.96. The molecule has 2 heteroatoms. The van der Waals surface area contributed by atoms with Crippen molar-refractivity contribution in [2.24, 2.45) is 0 Å². The topological polar surface area (TPSA) is 17.3 Å². The number of pyridine rings is 1. The van der Waals surface area contributed by atoms with Crippen LogP contribution in [0.2, 0.25) is 0 Å². The lowest BCUT2D eigenvalue weighted by atomic mass is 9.89. The summed E-state index contributed by atoms with van der Waals surface area (Å²) in [5.74, 6) is 0. The molecule has 0 atom stereocenters. The molecule has 0 saturated heterocycles. The van der Waals surface area contributed by atoms with Crippen LogP contribution in [0, 0.1) is 6.92 Å². The molecule has 0 bridgehead atoms. The van der Waals surface area contributed by atoms with E-state index < -0.39 is 0 Å². The van der Waals surface area contributed by atoms with Gasteiger partial charge in [-0.15, -0.1) is 0 Å². The smallest absolute Gasteiger partial charge is 0.0720 e. The number of hydrogen-bond donors (Lipinski definition) is 0. The SMILES string of the molecule is [CH2]c1c(C(C)(C)C)nn2ccccc12. The predicted molar refractivity (Wildman–Crippen MR) is 58.4 cm³/mol. The molecule has 1 radical (unpaired) electrons. The van der Waals surface area contributed by atoms with Gasteiger partial charge in [0.2, 0.25) is 0 Å². The zero-order valence-electron chi connectivity index (χ0n) is 8.91. The second-order valence-electron chi connectivity index (χ2n) is 4.61. The van der Waals surface area contributed by atoms with Crippen molar-refractivity contribution in [3.8, 4) is 0 Å². The molecule has 2 nitrogen and oxygen atoms in total. The van der Waals surface area contributed by atoms with Crippen molar-refractivity contribution < 1.29 is 0 Å². The summed E-state index contributed by atoms with van der Waals surface area (Å²) in [6.45, 7) is 10.6. The Labute approximate surface area is 84.6 Å². The fraction of sp³-hybridized carbons (Fsp3) is 0.333. The van der Waals surface area contributed by atoms with Gasteiger partial charge >= 0.3 is 0 Å². The summed E-state index contributed by atoms with van der Waals surface area (Å²) in [5, 5.41) is 4.54.